The molecule has 0 radical (unpaired) electrons. The molecule has 1 atom stereocenters. The van der Waals surface area contributed by atoms with Crippen LogP contribution in [0.25, 0.3) is 0 Å². The summed E-state index contributed by atoms with van der Waals surface area (Å²) in [6, 6.07) is -0.951. The van der Waals surface area contributed by atoms with Crippen LogP contribution in [0.15, 0.2) is 0 Å². The first kappa shape index (κ1) is 11.8. The molecule has 6 nitrogen and oxygen atoms in total. The molecule has 0 saturated carbocycles. The van der Waals surface area contributed by atoms with Gasteiger partial charge in [0.1, 0.15) is 6.04 Å². The topological polar surface area (TPSA) is 84.9 Å². The molecule has 1 saturated heterocycles. The van der Waals surface area contributed by atoms with Crippen LogP contribution >= 0.6 is 0 Å². The van der Waals surface area contributed by atoms with Gasteiger partial charge in [0, 0.05) is 0 Å². The summed E-state index contributed by atoms with van der Waals surface area (Å²) < 4.78 is 10.1. The predicted molar refractivity (Wildman–Crippen MR) is 50.6 cm³/mol. The van der Waals surface area contributed by atoms with Crippen molar-refractivity contribution in [3.05, 3.63) is 0 Å². The van der Waals surface area contributed by atoms with E-state index in [2.05, 4.69) is 5.32 Å². The van der Waals surface area contributed by atoms with Gasteiger partial charge in [-0.2, -0.15) is 0 Å². The zero-order chi connectivity index (χ0) is 11.5. The van der Waals surface area contributed by atoms with Gasteiger partial charge < -0.3 is 19.9 Å². The van der Waals surface area contributed by atoms with E-state index in [1.807, 2.05) is 6.92 Å². The number of amides is 1. The minimum Gasteiger partial charge on any atom is -0.480 e. The van der Waals surface area contributed by atoms with Crippen molar-refractivity contribution in [1.29, 1.82) is 0 Å². The lowest BCUT2D eigenvalue weighted by Gasteiger charge is -2.39. The number of ether oxygens (including phenoxy) is 2. The third kappa shape index (κ3) is 2.82. The molecule has 1 heterocycles. The van der Waals surface area contributed by atoms with Crippen molar-refractivity contribution in [2.24, 2.45) is 0 Å². The van der Waals surface area contributed by atoms with Gasteiger partial charge in [-0.3, -0.25) is 4.79 Å². The first-order valence-electron chi connectivity index (χ1n) is 4.79. The molecule has 6 heteroatoms. The number of hydrogen-bond acceptors (Lipinski definition) is 4. The number of alkyl carbamates (subject to hydrolysis) is 1. The van der Waals surface area contributed by atoms with E-state index < -0.39 is 23.7 Å². The summed E-state index contributed by atoms with van der Waals surface area (Å²) in [5, 5.41) is 10.8. The molecule has 0 bridgehead atoms. The Bertz CT molecular complexity index is 256. The van der Waals surface area contributed by atoms with Crippen LogP contribution in [0.3, 0.4) is 0 Å². The van der Waals surface area contributed by atoms with Gasteiger partial charge >= 0.3 is 12.1 Å². The first-order valence-corrected chi connectivity index (χ1v) is 4.79. The maximum Gasteiger partial charge on any atom is 0.408 e. The van der Waals surface area contributed by atoms with Crippen LogP contribution in [0.5, 0.6) is 0 Å². The van der Waals surface area contributed by atoms with E-state index in [0.717, 1.165) is 0 Å². The fourth-order valence-corrected chi connectivity index (χ4v) is 1.13. The summed E-state index contributed by atoms with van der Waals surface area (Å²) in [5.74, 6) is -1.10. The van der Waals surface area contributed by atoms with E-state index in [9.17, 15) is 9.59 Å². The minimum absolute atomic E-state index is 0.373. The molecular weight excluding hydrogens is 202 g/mol. The van der Waals surface area contributed by atoms with Gasteiger partial charge in [0.25, 0.3) is 0 Å². The van der Waals surface area contributed by atoms with Crippen molar-refractivity contribution < 1.29 is 24.2 Å². The van der Waals surface area contributed by atoms with Crippen molar-refractivity contribution in [2.75, 3.05) is 13.2 Å². The Hall–Kier alpha value is -1.30. The maximum atomic E-state index is 11.3. The molecule has 0 aromatic heterocycles. The van der Waals surface area contributed by atoms with Crippen molar-refractivity contribution in [3.63, 3.8) is 0 Å². The molecule has 0 spiro atoms. The van der Waals surface area contributed by atoms with Crippen LogP contribution in [0.2, 0.25) is 0 Å². The summed E-state index contributed by atoms with van der Waals surface area (Å²) in [7, 11) is 0. The van der Waals surface area contributed by atoms with Gasteiger partial charge in [-0.25, -0.2) is 4.79 Å². The second-order valence-corrected chi connectivity index (χ2v) is 3.62. The molecule has 0 aliphatic carbocycles. The number of nitrogens with one attached hydrogen (secondary N) is 1. The Balaban J connectivity index is 2.38. The van der Waals surface area contributed by atoms with Crippen molar-refractivity contribution >= 4 is 12.1 Å². The molecule has 15 heavy (non-hydrogen) atoms. The lowest BCUT2D eigenvalue weighted by atomic mass is 9.99. The first-order chi connectivity index (χ1) is 6.99. The fraction of sp³-hybridized carbons (Fsp3) is 0.778. The highest BCUT2D eigenvalue weighted by atomic mass is 16.6. The Morgan fingerprint density at radius 2 is 2.20 bits per heavy atom. The molecular formula is C9H15NO5. The molecule has 1 rings (SSSR count). The number of carbonyl (C=O) groups excluding carboxylic acids is 1. The summed E-state index contributed by atoms with van der Waals surface area (Å²) >= 11 is 0. The number of carbonyl (C=O) groups is 2. The third-order valence-electron chi connectivity index (χ3n) is 2.39. The van der Waals surface area contributed by atoms with E-state index in [1.165, 1.54) is 6.92 Å². The van der Waals surface area contributed by atoms with Crippen LogP contribution in [-0.4, -0.2) is 42.0 Å². The highest BCUT2D eigenvalue weighted by molar-refractivity contribution is 5.79. The lowest BCUT2D eigenvalue weighted by Crippen LogP contribution is -2.55. The predicted octanol–water partition coefficient (Wildman–Crippen LogP) is 0.365. The van der Waals surface area contributed by atoms with Gasteiger partial charge in [0.2, 0.25) is 0 Å². The van der Waals surface area contributed by atoms with Crippen LogP contribution < -0.4 is 5.32 Å². The number of carboxylic acid groups (broad SMARTS) is 1. The molecule has 2 N–H and O–H groups in total. The standard InChI is InChI=1S/C9H15NO5/c1-3-9(4-14-5-9)15-8(13)10-6(2)7(11)12/h6H,3-5H2,1-2H3,(H,10,13)(H,11,12)/t6-/m0/s1. The van der Waals surface area contributed by atoms with Crippen molar-refractivity contribution in [2.45, 2.75) is 31.9 Å². The quantitative estimate of drug-likeness (QED) is 0.710. The molecule has 1 aliphatic rings. The normalized spacial score (nSPS) is 19.9. The third-order valence-corrected chi connectivity index (χ3v) is 2.39. The van der Waals surface area contributed by atoms with Gasteiger partial charge in [-0.1, -0.05) is 6.92 Å². The minimum atomic E-state index is -1.10. The number of rotatable bonds is 4. The molecule has 1 amide bonds. The van der Waals surface area contributed by atoms with E-state index in [-0.39, 0.29) is 0 Å². The molecule has 0 aromatic rings. The molecule has 1 aliphatic heterocycles. The van der Waals surface area contributed by atoms with E-state index in [4.69, 9.17) is 14.6 Å². The highest BCUT2D eigenvalue weighted by Crippen LogP contribution is 2.25. The second-order valence-electron chi connectivity index (χ2n) is 3.62. The van der Waals surface area contributed by atoms with E-state index in [0.29, 0.717) is 19.6 Å². The zero-order valence-corrected chi connectivity index (χ0v) is 8.78. The van der Waals surface area contributed by atoms with Crippen molar-refractivity contribution in [3.8, 4) is 0 Å². The highest BCUT2D eigenvalue weighted by Gasteiger charge is 2.41. The Kier molecular flexibility index (Phi) is 3.52. The summed E-state index contributed by atoms with van der Waals surface area (Å²) in [6.07, 6.45) is -0.0583. The average Bonchev–Trinajstić information content (AvgIpc) is 2.11. The molecule has 86 valence electrons. The molecule has 0 unspecified atom stereocenters. The van der Waals surface area contributed by atoms with Crippen LogP contribution in [-0.2, 0) is 14.3 Å². The van der Waals surface area contributed by atoms with Crippen molar-refractivity contribution in [1.82, 2.24) is 5.32 Å². The fourth-order valence-electron chi connectivity index (χ4n) is 1.13. The van der Waals surface area contributed by atoms with Gasteiger partial charge in [-0.15, -0.1) is 0 Å². The summed E-state index contributed by atoms with van der Waals surface area (Å²) in [6.45, 7) is 4.01. The molecule has 1 fully saturated rings. The monoisotopic (exact) mass is 217 g/mol. The lowest BCUT2D eigenvalue weighted by molar-refractivity contribution is -0.179. The maximum absolute atomic E-state index is 11.3. The number of hydrogen-bond donors (Lipinski definition) is 2. The largest absolute Gasteiger partial charge is 0.480 e. The number of carboxylic acids is 1. The van der Waals surface area contributed by atoms with Crippen LogP contribution in [0, 0.1) is 0 Å². The average molecular weight is 217 g/mol. The Morgan fingerprint density at radius 1 is 1.60 bits per heavy atom. The van der Waals surface area contributed by atoms with Gasteiger partial charge in [-0.05, 0) is 13.3 Å². The van der Waals surface area contributed by atoms with Crippen LogP contribution in [0.1, 0.15) is 20.3 Å². The van der Waals surface area contributed by atoms with Gasteiger partial charge in [0.15, 0.2) is 5.60 Å². The van der Waals surface area contributed by atoms with Crippen LogP contribution in [0.4, 0.5) is 4.79 Å². The second kappa shape index (κ2) is 4.48. The SMILES string of the molecule is CCC1(OC(=O)N[C@@H](C)C(=O)O)COC1. The summed E-state index contributed by atoms with van der Waals surface area (Å²) in [5.41, 5.74) is -0.567. The molecule has 0 aromatic carbocycles. The Morgan fingerprint density at radius 3 is 2.53 bits per heavy atom. The van der Waals surface area contributed by atoms with Gasteiger partial charge in [0.05, 0.1) is 13.2 Å². The number of aliphatic carboxylic acids is 1. The Labute approximate surface area is 87.5 Å². The smallest absolute Gasteiger partial charge is 0.408 e. The van der Waals surface area contributed by atoms with E-state index in [1.54, 1.807) is 0 Å². The van der Waals surface area contributed by atoms with E-state index >= 15 is 0 Å². The summed E-state index contributed by atoms with van der Waals surface area (Å²) in [4.78, 5) is 21.7. The zero-order valence-electron chi connectivity index (χ0n) is 8.78.